The zero-order valence-corrected chi connectivity index (χ0v) is 11.4. The van der Waals surface area contributed by atoms with Crippen molar-refractivity contribution in [3.05, 3.63) is 0 Å². The van der Waals surface area contributed by atoms with Gasteiger partial charge in [-0.2, -0.15) is 0 Å². The van der Waals surface area contributed by atoms with E-state index in [2.05, 4.69) is 0 Å². The third kappa shape index (κ3) is 4.00. The molecule has 1 unspecified atom stereocenters. The minimum absolute atomic E-state index is 0.356. The summed E-state index contributed by atoms with van der Waals surface area (Å²) in [5, 5.41) is 9.06. The van der Waals surface area contributed by atoms with Gasteiger partial charge in [-0.05, 0) is 20.3 Å². The predicted octanol–water partition coefficient (Wildman–Crippen LogP) is 1.70. The molecule has 0 rings (SSSR count). The topological polar surface area (TPSA) is 72.8 Å². The van der Waals surface area contributed by atoms with Crippen LogP contribution in [-0.2, 0) is 19.1 Å². The molecule has 1 atom stereocenters. The van der Waals surface area contributed by atoms with Gasteiger partial charge >= 0.3 is 11.9 Å². The molecular formula is C12H22O5. The monoisotopic (exact) mass is 246 g/mol. The summed E-state index contributed by atoms with van der Waals surface area (Å²) < 4.78 is 9.69. The van der Waals surface area contributed by atoms with Crippen LogP contribution in [0.3, 0.4) is 0 Å². The average molecular weight is 246 g/mol. The highest BCUT2D eigenvalue weighted by atomic mass is 16.5. The lowest BCUT2D eigenvalue weighted by atomic mass is 9.72. The first-order chi connectivity index (χ1) is 7.58. The van der Waals surface area contributed by atoms with Crippen molar-refractivity contribution >= 4 is 11.9 Å². The molecule has 0 spiro atoms. The van der Waals surface area contributed by atoms with E-state index >= 15 is 0 Å². The first-order valence-corrected chi connectivity index (χ1v) is 5.42. The van der Waals surface area contributed by atoms with Gasteiger partial charge in [0, 0.05) is 12.5 Å². The van der Waals surface area contributed by atoms with E-state index in [-0.39, 0.29) is 5.97 Å². The van der Waals surface area contributed by atoms with E-state index < -0.39 is 22.9 Å². The van der Waals surface area contributed by atoms with Crippen molar-refractivity contribution in [3.8, 4) is 0 Å². The van der Waals surface area contributed by atoms with E-state index in [0.717, 1.165) is 0 Å². The van der Waals surface area contributed by atoms with Crippen molar-refractivity contribution in [1.29, 1.82) is 0 Å². The summed E-state index contributed by atoms with van der Waals surface area (Å²) in [4.78, 5) is 22.6. The van der Waals surface area contributed by atoms with E-state index in [1.807, 2.05) is 0 Å². The maximum Gasteiger partial charge on any atom is 0.333 e. The van der Waals surface area contributed by atoms with Crippen molar-refractivity contribution in [3.63, 3.8) is 0 Å². The van der Waals surface area contributed by atoms with Gasteiger partial charge in [-0.1, -0.05) is 13.8 Å². The Morgan fingerprint density at radius 1 is 1.18 bits per heavy atom. The maximum absolute atomic E-state index is 11.6. The Balaban J connectivity index is 4.96. The largest absolute Gasteiger partial charge is 0.479 e. The number of esters is 1. The molecule has 0 heterocycles. The quantitative estimate of drug-likeness (QED) is 0.722. The van der Waals surface area contributed by atoms with Gasteiger partial charge in [0.1, 0.15) is 0 Å². The molecular weight excluding hydrogens is 224 g/mol. The summed E-state index contributed by atoms with van der Waals surface area (Å²) in [6, 6.07) is 0. The van der Waals surface area contributed by atoms with Gasteiger partial charge in [-0.15, -0.1) is 0 Å². The summed E-state index contributed by atoms with van der Waals surface area (Å²) in [7, 11) is 2.67. The molecule has 0 saturated carbocycles. The highest BCUT2D eigenvalue weighted by molar-refractivity contribution is 5.77. The SMILES string of the molecule is COC(=O)C(C)(C)CC(C)(C)C(OC)C(=O)O. The Morgan fingerprint density at radius 3 is 1.94 bits per heavy atom. The molecule has 0 aliphatic carbocycles. The molecule has 0 aromatic heterocycles. The summed E-state index contributed by atoms with van der Waals surface area (Å²) >= 11 is 0. The predicted molar refractivity (Wildman–Crippen MR) is 62.6 cm³/mol. The average Bonchev–Trinajstić information content (AvgIpc) is 2.14. The molecule has 5 heteroatoms. The van der Waals surface area contributed by atoms with E-state index in [4.69, 9.17) is 14.6 Å². The highest BCUT2D eigenvalue weighted by Crippen LogP contribution is 2.38. The molecule has 0 saturated heterocycles. The fourth-order valence-electron chi connectivity index (χ4n) is 2.33. The second-order valence-corrected chi connectivity index (χ2v) is 5.49. The van der Waals surface area contributed by atoms with Crippen molar-refractivity contribution in [2.45, 2.75) is 40.2 Å². The van der Waals surface area contributed by atoms with Gasteiger partial charge in [0.25, 0.3) is 0 Å². The molecule has 17 heavy (non-hydrogen) atoms. The van der Waals surface area contributed by atoms with Gasteiger partial charge < -0.3 is 14.6 Å². The van der Waals surface area contributed by atoms with Crippen molar-refractivity contribution in [2.75, 3.05) is 14.2 Å². The fourth-order valence-corrected chi connectivity index (χ4v) is 2.33. The Labute approximate surface area is 102 Å². The number of carboxylic acids is 1. The van der Waals surface area contributed by atoms with Gasteiger partial charge in [-0.25, -0.2) is 4.79 Å². The van der Waals surface area contributed by atoms with Gasteiger partial charge in [0.2, 0.25) is 0 Å². The van der Waals surface area contributed by atoms with Crippen LogP contribution in [0.25, 0.3) is 0 Å². The third-order valence-corrected chi connectivity index (χ3v) is 2.81. The molecule has 0 aromatic carbocycles. The number of carbonyl (C=O) groups excluding carboxylic acids is 1. The number of aliphatic carboxylic acids is 1. The Morgan fingerprint density at radius 2 is 1.65 bits per heavy atom. The van der Waals surface area contributed by atoms with Crippen LogP contribution in [0.1, 0.15) is 34.1 Å². The van der Waals surface area contributed by atoms with E-state index in [9.17, 15) is 9.59 Å². The van der Waals surface area contributed by atoms with Crippen LogP contribution in [0.2, 0.25) is 0 Å². The Hall–Kier alpha value is -1.10. The lowest BCUT2D eigenvalue weighted by Crippen LogP contribution is -2.43. The molecule has 0 radical (unpaired) electrons. The lowest BCUT2D eigenvalue weighted by molar-refractivity contribution is -0.163. The van der Waals surface area contributed by atoms with Gasteiger partial charge in [0.15, 0.2) is 6.10 Å². The number of carboxylic acid groups (broad SMARTS) is 1. The molecule has 0 fully saturated rings. The van der Waals surface area contributed by atoms with Crippen LogP contribution >= 0.6 is 0 Å². The van der Waals surface area contributed by atoms with Crippen LogP contribution in [0.15, 0.2) is 0 Å². The first-order valence-electron chi connectivity index (χ1n) is 5.42. The zero-order chi connectivity index (χ0) is 13.9. The standard InChI is InChI=1S/C12H22O5/c1-11(2,8(16-5)9(13)14)7-12(3,4)10(15)17-6/h8H,7H2,1-6H3,(H,13,14). The fraction of sp³-hybridized carbons (Fsp3) is 0.833. The highest BCUT2D eigenvalue weighted by Gasteiger charge is 2.42. The van der Waals surface area contributed by atoms with Crippen LogP contribution in [0, 0.1) is 10.8 Å². The minimum Gasteiger partial charge on any atom is -0.479 e. The molecule has 0 aliphatic rings. The van der Waals surface area contributed by atoms with Crippen LogP contribution in [0.5, 0.6) is 0 Å². The number of methoxy groups -OCH3 is 2. The summed E-state index contributed by atoms with van der Waals surface area (Å²) in [5.74, 6) is -1.39. The number of carbonyl (C=O) groups is 2. The first kappa shape index (κ1) is 15.9. The lowest BCUT2D eigenvalue weighted by Gasteiger charge is -2.36. The van der Waals surface area contributed by atoms with E-state index in [1.165, 1.54) is 14.2 Å². The normalized spacial score (nSPS) is 14.2. The van der Waals surface area contributed by atoms with E-state index in [0.29, 0.717) is 6.42 Å². The van der Waals surface area contributed by atoms with Gasteiger partial charge in [0.05, 0.1) is 12.5 Å². The molecule has 1 N–H and O–H groups in total. The van der Waals surface area contributed by atoms with Crippen molar-refractivity contribution in [2.24, 2.45) is 10.8 Å². The number of ether oxygens (including phenoxy) is 2. The van der Waals surface area contributed by atoms with E-state index in [1.54, 1.807) is 27.7 Å². The van der Waals surface area contributed by atoms with Crippen molar-refractivity contribution < 1.29 is 24.2 Å². The van der Waals surface area contributed by atoms with Crippen molar-refractivity contribution in [1.82, 2.24) is 0 Å². The zero-order valence-electron chi connectivity index (χ0n) is 11.4. The number of hydrogen-bond donors (Lipinski definition) is 1. The summed E-state index contributed by atoms with van der Waals surface area (Å²) in [5.41, 5.74) is -1.41. The van der Waals surface area contributed by atoms with Crippen LogP contribution in [0.4, 0.5) is 0 Å². The summed E-state index contributed by atoms with van der Waals surface area (Å²) in [6.45, 7) is 6.99. The minimum atomic E-state index is -1.03. The maximum atomic E-state index is 11.6. The van der Waals surface area contributed by atoms with Crippen LogP contribution < -0.4 is 0 Å². The molecule has 0 amide bonds. The number of rotatable bonds is 6. The molecule has 0 aliphatic heterocycles. The van der Waals surface area contributed by atoms with Crippen LogP contribution in [-0.4, -0.2) is 37.4 Å². The second-order valence-electron chi connectivity index (χ2n) is 5.49. The van der Waals surface area contributed by atoms with Gasteiger partial charge in [-0.3, -0.25) is 4.79 Å². The smallest absolute Gasteiger partial charge is 0.333 e. The third-order valence-electron chi connectivity index (χ3n) is 2.81. The second kappa shape index (κ2) is 5.49. The number of hydrogen-bond acceptors (Lipinski definition) is 4. The Bertz CT molecular complexity index is 293. The molecule has 0 bridgehead atoms. The molecule has 5 nitrogen and oxygen atoms in total. The Kier molecular flexibility index (Phi) is 5.13. The summed E-state index contributed by atoms with van der Waals surface area (Å²) in [6.07, 6.45) is -0.594. The molecule has 0 aromatic rings. The molecule has 100 valence electrons.